The first kappa shape index (κ1) is 12.3. The van der Waals surface area contributed by atoms with Gasteiger partial charge in [0.15, 0.2) is 5.78 Å². The van der Waals surface area contributed by atoms with Crippen LogP contribution in [0.25, 0.3) is 0 Å². The molecule has 0 saturated heterocycles. The van der Waals surface area contributed by atoms with Crippen LogP contribution in [0.5, 0.6) is 5.75 Å². The third kappa shape index (κ3) is 2.84. The van der Waals surface area contributed by atoms with Gasteiger partial charge in [-0.1, -0.05) is 11.6 Å². The zero-order valence-electron chi connectivity index (χ0n) is 8.40. The number of benzene rings is 1. The monoisotopic (exact) mass is 240 g/mol. The molecule has 1 aromatic carbocycles. The molecule has 0 amide bonds. The van der Waals surface area contributed by atoms with Crippen LogP contribution in [0, 0.1) is 6.92 Å². The molecule has 0 aliphatic rings. The molecule has 1 aromatic rings. The minimum atomic E-state index is -1.23. The van der Waals surface area contributed by atoms with Gasteiger partial charge in [0.05, 0.1) is 5.56 Å². The number of hydrogen-bond acceptors (Lipinski definition) is 3. The second kappa shape index (κ2) is 4.81. The maximum absolute atomic E-state index is 11.5. The molecule has 0 atom stereocenters. The van der Waals surface area contributed by atoms with E-state index in [1.165, 1.54) is 12.1 Å². The van der Waals surface area contributed by atoms with Crippen molar-refractivity contribution >= 4 is 23.4 Å². The van der Waals surface area contributed by atoms with Crippen molar-refractivity contribution in [1.82, 2.24) is 0 Å². The largest absolute Gasteiger partial charge is 0.507 e. The number of phenolic OH excluding ortho intramolecular Hbond substituents is 1. The molecule has 5 heteroatoms. The minimum Gasteiger partial charge on any atom is -0.507 e. The summed E-state index contributed by atoms with van der Waals surface area (Å²) in [6.45, 7) is 1.68. The van der Waals surface area contributed by atoms with Crippen molar-refractivity contribution in [3.8, 4) is 5.75 Å². The Morgan fingerprint density at radius 1 is 1.31 bits per heavy atom. The van der Waals surface area contributed by atoms with E-state index in [1.54, 1.807) is 6.92 Å². The minimum absolute atomic E-state index is 0.0203. The Kier molecular flexibility index (Phi) is 3.68. The Labute approximate surface area is 96.8 Å². The summed E-state index contributed by atoms with van der Waals surface area (Å²) >= 11 is 5.79. The van der Waals surface area contributed by atoms with Crippen molar-refractivity contribution in [3.63, 3.8) is 0 Å². The van der Waals surface area contributed by atoms with E-state index in [2.05, 4.69) is 0 Å². The molecule has 0 bridgehead atoms. The van der Waals surface area contributed by atoms with Crippen molar-refractivity contribution in [2.75, 3.05) is 0 Å². The standard InChI is InChI=1S/C11H9ClO4/c1-6-4-10(14)7(5-8(6)12)9(13)2-3-11(15)16/h2-5,14H,1H3,(H,15,16)/b3-2+. The number of phenols is 1. The lowest BCUT2D eigenvalue weighted by Crippen LogP contribution is -1.98. The number of aryl methyl sites for hydroxylation is 1. The van der Waals surface area contributed by atoms with Gasteiger partial charge in [-0.15, -0.1) is 0 Å². The summed E-state index contributed by atoms with van der Waals surface area (Å²) in [5, 5.41) is 18.2. The number of carboxylic acid groups (broad SMARTS) is 1. The Bertz CT molecular complexity index is 477. The molecule has 84 valence electrons. The number of hydrogen-bond donors (Lipinski definition) is 2. The van der Waals surface area contributed by atoms with Gasteiger partial charge < -0.3 is 10.2 Å². The molecule has 0 radical (unpaired) electrons. The first-order chi connectivity index (χ1) is 7.41. The number of carbonyl (C=O) groups excluding carboxylic acids is 1. The zero-order chi connectivity index (χ0) is 12.3. The van der Waals surface area contributed by atoms with Gasteiger partial charge in [0.1, 0.15) is 5.75 Å². The van der Waals surface area contributed by atoms with Crippen molar-refractivity contribution in [2.24, 2.45) is 0 Å². The van der Waals surface area contributed by atoms with E-state index >= 15 is 0 Å². The summed E-state index contributed by atoms with van der Waals surface area (Å²) in [5.41, 5.74) is 0.617. The molecular weight excluding hydrogens is 232 g/mol. The number of rotatable bonds is 3. The van der Waals surface area contributed by atoms with E-state index in [4.69, 9.17) is 16.7 Å². The van der Waals surface area contributed by atoms with Crippen LogP contribution in [-0.2, 0) is 4.79 Å². The molecule has 0 aliphatic heterocycles. The number of aliphatic carboxylic acids is 1. The summed E-state index contributed by atoms with van der Waals surface area (Å²) < 4.78 is 0. The lowest BCUT2D eigenvalue weighted by molar-refractivity contribution is -0.131. The van der Waals surface area contributed by atoms with Gasteiger partial charge in [0.2, 0.25) is 0 Å². The van der Waals surface area contributed by atoms with Crippen molar-refractivity contribution in [1.29, 1.82) is 0 Å². The lowest BCUT2D eigenvalue weighted by atomic mass is 10.1. The molecule has 0 heterocycles. The van der Waals surface area contributed by atoms with Crippen molar-refractivity contribution in [3.05, 3.63) is 40.4 Å². The fourth-order valence-electron chi connectivity index (χ4n) is 1.10. The maximum atomic E-state index is 11.5. The summed E-state index contributed by atoms with van der Waals surface area (Å²) in [6.07, 6.45) is 1.57. The summed E-state index contributed by atoms with van der Waals surface area (Å²) in [4.78, 5) is 21.7. The Morgan fingerprint density at radius 3 is 2.50 bits per heavy atom. The van der Waals surface area contributed by atoms with E-state index < -0.39 is 11.8 Å². The highest BCUT2D eigenvalue weighted by atomic mass is 35.5. The molecule has 4 nitrogen and oxygen atoms in total. The predicted octanol–water partition coefficient (Wildman–Crippen LogP) is 2.18. The van der Waals surface area contributed by atoms with E-state index in [-0.39, 0.29) is 11.3 Å². The average Bonchev–Trinajstić information content (AvgIpc) is 2.20. The number of halogens is 1. The van der Waals surface area contributed by atoms with Gasteiger partial charge >= 0.3 is 5.97 Å². The maximum Gasteiger partial charge on any atom is 0.328 e. The smallest absolute Gasteiger partial charge is 0.328 e. The molecular formula is C11H9ClO4. The first-order valence-corrected chi connectivity index (χ1v) is 4.74. The number of carboxylic acids is 1. The van der Waals surface area contributed by atoms with Crippen LogP contribution >= 0.6 is 11.6 Å². The molecule has 0 aromatic heterocycles. The van der Waals surface area contributed by atoms with Crippen LogP contribution < -0.4 is 0 Å². The van der Waals surface area contributed by atoms with Gasteiger partial charge in [0, 0.05) is 11.1 Å². The molecule has 2 N–H and O–H groups in total. The van der Waals surface area contributed by atoms with Crippen molar-refractivity contribution < 1.29 is 19.8 Å². The van der Waals surface area contributed by atoms with Gasteiger partial charge in [-0.25, -0.2) is 4.79 Å². The van der Waals surface area contributed by atoms with E-state index in [0.29, 0.717) is 16.7 Å². The summed E-state index contributed by atoms with van der Waals surface area (Å²) in [7, 11) is 0. The van der Waals surface area contributed by atoms with Crippen LogP contribution in [0.2, 0.25) is 5.02 Å². The van der Waals surface area contributed by atoms with Crippen LogP contribution in [0.1, 0.15) is 15.9 Å². The first-order valence-electron chi connectivity index (χ1n) is 4.36. The van der Waals surface area contributed by atoms with E-state index in [9.17, 15) is 14.7 Å². The topological polar surface area (TPSA) is 74.6 Å². The van der Waals surface area contributed by atoms with Crippen LogP contribution in [0.3, 0.4) is 0 Å². The van der Waals surface area contributed by atoms with E-state index in [1.807, 2.05) is 0 Å². The number of ketones is 1. The molecule has 0 spiro atoms. The van der Waals surface area contributed by atoms with Crippen LogP contribution in [-0.4, -0.2) is 22.0 Å². The second-order valence-electron chi connectivity index (χ2n) is 3.15. The molecule has 0 fully saturated rings. The van der Waals surface area contributed by atoms with Gasteiger partial charge in [0.25, 0.3) is 0 Å². The molecule has 16 heavy (non-hydrogen) atoms. The molecule has 0 aliphatic carbocycles. The predicted molar refractivity (Wildman–Crippen MR) is 59.0 cm³/mol. The third-order valence-corrected chi connectivity index (χ3v) is 2.33. The summed E-state index contributed by atoms with van der Waals surface area (Å²) in [6, 6.07) is 2.66. The lowest BCUT2D eigenvalue weighted by Gasteiger charge is -2.03. The highest BCUT2D eigenvalue weighted by molar-refractivity contribution is 6.32. The average molecular weight is 241 g/mol. The van der Waals surface area contributed by atoms with E-state index in [0.717, 1.165) is 6.08 Å². The number of allylic oxidation sites excluding steroid dienone is 1. The van der Waals surface area contributed by atoms with Gasteiger partial charge in [-0.3, -0.25) is 4.79 Å². The van der Waals surface area contributed by atoms with Crippen LogP contribution in [0.15, 0.2) is 24.3 Å². The second-order valence-corrected chi connectivity index (χ2v) is 3.56. The highest BCUT2D eigenvalue weighted by Gasteiger charge is 2.11. The Balaban J connectivity index is 3.09. The normalized spacial score (nSPS) is 10.6. The molecule has 0 unspecified atom stereocenters. The van der Waals surface area contributed by atoms with Gasteiger partial charge in [-0.2, -0.15) is 0 Å². The fraction of sp³-hybridized carbons (Fsp3) is 0.0909. The SMILES string of the molecule is Cc1cc(O)c(C(=O)/C=C/C(=O)O)cc1Cl. The summed E-state index contributed by atoms with van der Waals surface area (Å²) in [5.74, 6) is -2.06. The van der Waals surface area contributed by atoms with Crippen LogP contribution in [0.4, 0.5) is 0 Å². The number of aromatic hydroxyl groups is 1. The zero-order valence-corrected chi connectivity index (χ0v) is 9.15. The fourth-order valence-corrected chi connectivity index (χ4v) is 1.26. The quantitative estimate of drug-likeness (QED) is 0.627. The van der Waals surface area contributed by atoms with Crippen molar-refractivity contribution in [2.45, 2.75) is 6.92 Å². The molecule has 0 saturated carbocycles. The Morgan fingerprint density at radius 2 is 1.94 bits per heavy atom. The third-order valence-electron chi connectivity index (χ3n) is 1.92. The highest BCUT2D eigenvalue weighted by Crippen LogP contribution is 2.26. The van der Waals surface area contributed by atoms with Gasteiger partial charge in [-0.05, 0) is 30.7 Å². The molecule has 1 rings (SSSR count). The Hall–Kier alpha value is -1.81. The number of carbonyl (C=O) groups is 2.